The minimum absolute atomic E-state index is 0.0815. The van der Waals surface area contributed by atoms with Crippen molar-refractivity contribution in [3.63, 3.8) is 0 Å². The van der Waals surface area contributed by atoms with Gasteiger partial charge >= 0.3 is 0 Å². The summed E-state index contributed by atoms with van der Waals surface area (Å²) in [5.74, 6) is -0.399. The van der Waals surface area contributed by atoms with E-state index in [0.717, 1.165) is 91.4 Å². The lowest BCUT2D eigenvalue weighted by atomic mass is 9.94. The first kappa shape index (κ1) is 42.3. The van der Waals surface area contributed by atoms with Crippen LogP contribution >= 0.6 is 0 Å². The molecule has 1 atom stereocenters. The molecule has 4 aliphatic rings. The molecule has 18 heteroatoms. The number of benzene rings is 2. The van der Waals surface area contributed by atoms with Crippen LogP contribution in [0, 0.1) is 12.8 Å². The average Bonchev–Trinajstić information content (AvgIpc) is 3.52. The number of fused-ring (bicyclic) bond motifs is 2. The number of hydrogen-bond acceptors (Lipinski definition) is 14. The number of piperidine rings is 2. The zero-order valence-electron chi connectivity index (χ0n) is 35.6. The summed E-state index contributed by atoms with van der Waals surface area (Å²) in [6.07, 6.45) is 3.91. The molecular formula is C44H53N11O7. The lowest BCUT2D eigenvalue weighted by molar-refractivity contribution is -0.136. The van der Waals surface area contributed by atoms with Crippen molar-refractivity contribution in [3.05, 3.63) is 75.7 Å². The van der Waals surface area contributed by atoms with E-state index < -0.39 is 29.7 Å². The molecule has 0 saturated carbocycles. The van der Waals surface area contributed by atoms with Gasteiger partial charge in [-0.2, -0.15) is 4.98 Å². The number of likely N-dealkylation sites (N-methyl/N-ethyl adjacent to an activating group) is 2. The highest BCUT2D eigenvalue weighted by molar-refractivity contribution is 6.25. The number of imide groups is 2. The maximum atomic E-state index is 13.7. The topological polar surface area (TPSA) is 195 Å². The fourth-order valence-corrected chi connectivity index (χ4v) is 8.74. The van der Waals surface area contributed by atoms with E-state index in [-0.39, 0.29) is 36.7 Å². The van der Waals surface area contributed by atoms with Crippen molar-refractivity contribution in [2.24, 2.45) is 5.92 Å². The third-order valence-electron chi connectivity index (χ3n) is 12.3. The second-order valence-electron chi connectivity index (χ2n) is 16.7. The minimum atomic E-state index is -0.993. The quantitative estimate of drug-likeness (QED) is 0.165. The van der Waals surface area contributed by atoms with Gasteiger partial charge in [-0.3, -0.25) is 43.9 Å². The summed E-state index contributed by atoms with van der Waals surface area (Å²) in [5.41, 5.74) is 3.48. The van der Waals surface area contributed by atoms with E-state index in [2.05, 4.69) is 30.7 Å². The van der Waals surface area contributed by atoms with E-state index in [0.29, 0.717) is 41.9 Å². The van der Waals surface area contributed by atoms with Crippen LogP contribution in [0.1, 0.15) is 52.0 Å². The van der Waals surface area contributed by atoms with Gasteiger partial charge in [0.2, 0.25) is 17.8 Å². The Hall–Kier alpha value is -6.40. The largest absolute Gasteiger partial charge is 0.478 e. The van der Waals surface area contributed by atoms with Crippen LogP contribution in [0.4, 0.5) is 23.1 Å². The van der Waals surface area contributed by atoms with E-state index in [4.69, 9.17) is 14.7 Å². The Labute approximate surface area is 359 Å². The molecule has 0 spiro atoms. The molecule has 8 rings (SSSR count). The monoisotopic (exact) mass is 847 g/mol. The number of piperazine rings is 1. The van der Waals surface area contributed by atoms with Crippen LogP contribution in [0.2, 0.25) is 0 Å². The first-order valence-corrected chi connectivity index (χ1v) is 21.2. The number of ether oxygens (including phenoxy) is 1. The zero-order valence-corrected chi connectivity index (χ0v) is 35.6. The third kappa shape index (κ3) is 8.69. The number of nitrogens with zero attached hydrogens (tertiary/aromatic N) is 8. The fraction of sp³-hybridized carbons (Fsp3) is 0.455. The Morgan fingerprint density at radius 1 is 0.935 bits per heavy atom. The van der Waals surface area contributed by atoms with E-state index in [1.54, 1.807) is 22.8 Å². The van der Waals surface area contributed by atoms with Crippen LogP contribution in [-0.4, -0.2) is 145 Å². The highest BCUT2D eigenvalue weighted by Crippen LogP contribution is 2.36. The van der Waals surface area contributed by atoms with Gasteiger partial charge in [0, 0.05) is 95.2 Å². The minimum Gasteiger partial charge on any atom is -0.478 e. The summed E-state index contributed by atoms with van der Waals surface area (Å²) >= 11 is 0. The lowest BCUT2D eigenvalue weighted by Crippen LogP contribution is -2.54. The normalized spacial score (nSPS) is 18.7. The summed E-state index contributed by atoms with van der Waals surface area (Å²) in [4.78, 5) is 96.3. The molecule has 4 aliphatic heterocycles. The summed E-state index contributed by atoms with van der Waals surface area (Å²) in [6.45, 7) is 8.52. The molecule has 1 unspecified atom stereocenters. The maximum absolute atomic E-state index is 13.7. The molecule has 0 bridgehead atoms. The SMILES string of the molecule is CNC(=O)COc1cc2cc(Nc3nc(N4CCN(CC5CCN(c6cccc7c6C(=O)N(C6CCC(=O)NC6=O)C7=O)CC5)CC4)ncc3C)ccc2n(CCN(C)C)c1=O. The Morgan fingerprint density at radius 2 is 1.71 bits per heavy atom. The highest BCUT2D eigenvalue weighted by Gasteiger charge is 2.46. The Balaban J connectivity index is 0.874. The van der Waals surface area contributed by atoms with Crippen molar-refractivity contribution in [1.82, 2.24) is 39.9 Å². The molecule has 326 valence electrons. The molecule has 2 aromatic carbocycles. The Bertz CT molecular complexity index is 2470. The molecule has 5 amide bonds. The van der Waals surface area contributed by atoms with E-state index in [1.807, 2.05) is 56.4 Å². The number of carbonyl (C=O) groups is 5. The van der Waals surface area contributed by atoms with Crippen molar-refractivity contribution in [1.29, 1.82) is 0 Å². The summed E-state index contributed by atoms with van der Waals surface area (Å²) < 4.78 is 7.35. The van der Waals surface area contributed by atoms with Crippen LogP contribution in [0.25, 0.3) is 10.9 Å². The highest BCUT2D eigenvalue weighted by atomic mass is 16.5. The van der Waals surface area contributed by atoms with Crippen molar-refractivity contribution >= 4 is 63.6 Å². The predicted molar refractivity (Wildman–Crippen MR) is 233 cm³/mol. The number of aryl methyl sites for hydroxylation is 1. The lowest BCUT2D eigenvalue weighted by Gasteiger charge is -2.39. The number of carbonyl (C=O) groups excluding carboxylic acids is 5. The number of nitrogens with one attached hydrogen (secondary N) is 3. The molecule has 2 aromatic heterocycles. The fourth-order valence-electron chi connectivity index (χ4n) is 8.74. The van der Waals surface area contributed by atoms with Gasteiger partial charge in [0.1, 0.15) is 11.9 Å². The summed E-state index contributed by atoms with van der Waals surface area (Å²) in [5, 5.41) is 9.03. The molecule has 18 nitrogen and oxygen atoms in total. The summed E-state index contributed by atoms with van der Waals surface area (Å²) in [7, 11) is 5.42. The smallest absolute Gasteiger partial charge is 0.293 e. The molecule has 3 fully saturated rings. The molecule has 4 aromatic rings. The number of pyridine rings is 1. The van der Waals surface area contributed by atoms with Crippen LogP contribution in [0.3, 0.4) is 0 Å². The second kappa shape index (κ2) is 17.9. The molecule has 6 heterocycles. The van der Waals surface area contributed by atoms with Crippen molar-refractivity contribution in [2.75, 3.05) is 95.2 Å². The van der Waals surface area contributed by atoms with Gasteiger partial charge in [0.25, 0.3) is 23.3 Å². The average molecular weight is 848 g/mol. The standard InChI is InChI=1S/C44H53N11O7/c1-27-24-46-44(49-39(27)47-30-8-9-32-29(22-30)23-35(62-26-37(57)45-2)42(60)54(32)21-16-50(3)4)53-19-17-51(18-20-53)25-28-12-14-52(15-13-28)33-7-5-6-31-38(33)43(61)55(41(31)59)34-10-11-36(56)48-40(34)58/h5-9,22-24,28,34H,10-21,25-26H2,1-4H3,(H,45,57)(H,46,47,49)(H,48,56,58). The van der Waals surface area contributed by atoms with Gasteiger partial charge < -0.3 is 34.6 Å². The van der Waals surface area contributed by atoms with Gasteiger partial charge in [0.15, 0.2) is 12.4 Å². The van der Waals surface area contributed by atoms with Gasteiger partial charge in [-0.05, 0) is 82.6 Å². The van der Waals surface area contributed by atoms with Crippen LogP contribution in [-0.2, 0) is 20.9 Å². The van der Waals surface area contributed by atoms with Crippen molar-refractivity contribution < 1.29 is 28.7 Å². The van der Waals surface area contributed by atoms with Crippen molar-refractivity contribution in [2.45, 2.75) is 45.2 Å². The van der Waals surface area contributed by atoms with Gasteiger partial charge in [-0.15, -0.1) is 0 Å². The van der Waals surface area contributed by atoms with Gasteiger partial charge in [-0.1, -0.05) is 6.07 Å². The molecular weight excluding hydrogens is 795 g/mol. The predicted octanol–water partition coefficient (Wildman–Crippen LogP) is 1.97. The molecule has 3 N–H and O–H groups in total. The van der Waals surface area contributed by atoms with Crippen molar-refractivity contribution in [3.8, 4) is 5.75 Å². The van der Waals surface area contributed by atoms with Crippen LogP contribution in [0.5, 0.6) is 5.75 Å². The van der Waals surface area contributed by atoms with Crippen LogP contribution in [0.15, 0.2) is 53.5 Å². The van der Waals surface area contributed by atoms with Gasteiger partial charge in [0.05, 0.1) is 22.3 Å². The van der Waals surface area contributed by atoms with E-state index in [9.17, 15) is 28.8 Å². The van der Waals surface area contributed by atoms with Gasteiger partial charge in [-0.25, -0.2) is 4.98 Å². The summed E-state index contributed by atoms with van der Waals surface area (Å²) in [6, 6.07) is 11.8. The maximum Gasteiger partial charge on any atom is 0.293 e. The first-order chi connectivity index (χ1) is 29.9. The Morgan fingerprint density at radius 3 is 2.44 bits per heavy atom. The molecule has 3 saturated heterocycles. The van der Waals surface area contributed by atoms with Crippen LogP contribution < -0.4 is 36.0 Å². The first-order valence-electron chi connectivity index (χ1n) is 21.2. The molecule has 62 heavy (non-hydrogen) atoms. The number of hydrogen-bond donors (Lipinski definition) is 3. The number of rotatable bonds is 13. The molecule has 0 aliphatic carbocycles. The van der Waals surface area contributed by atoms with E-state index >= 15 is 0 Å². The number of anilines is 4. The third-order valence-corrected chi connectivity index (χ3v) is 12.3. The Kier molecular flexibility index (Phi) is 12.2. The molecule has 0 radical (unpaired) electrons. The number of amides is 5. The zero-order chi connectivity index (χ0) is 43.7. The number of aromatic nitrogens is 3. The van der Waals surface area contributed by atoms with E-state index in [1.165, 1.54) is 7.05 Å². The second-order valence-corrected chi connectivity index (χ2v) is 16.7.